The van der Waals surface area contributed by atoms with E-state index in [1.807, 2.05) is 0 Å². The predicted molar refractivity (Wildman–Crippen MR) is 128 cm³/mol. The first-order valence-corrected chi connectivity index (χ1v) is 14.0. The Morgan fingerprint density at radius 1 is 1.27 bits per heavy atom. The number of benzene rings is 1. The van der Waals surface area contributed by atoms with E-state index in [0.717, 1.165) is 0 Å². The molecule has 0 spiro atoms. The number of rotatable bonds is 8. The van der Waals surface area contributed by atoms with Gasteiger partial charge in [-0.1, -0.05) is 11.8 Å². The van der Waals surface area contributed by atoms with Crippen LogP contribution < -0.4 is 21.5 Å². The molecule has 2 heterocycles. The van der Waals surface area contributed by atoms with E-state index in [-0.39, 0.29) is 31.1 Å². The van der Waals surface area contributed by atoms with E-state index >= 15 is 0 Å². The third-order valence-corrected chi connectivity index (χ3v) is 5.93. The predicted octanol–water partition coefficient (Wildman–Crippen LogP) is 3.56. The number of carbonyl (C=O) groups is 1. The molecule has 16 heteroatoms. The molecule has 1 saturated heterocycles. The van der Waals surface area contributed by atoms with Gasteiger partial charge >= 0.3 is 23.8 Å². The molecule has 3 N–H and O–H groups in total. The highest BCUT2D eigenvalue weighted by atomic mass is 35.9. The molecule has 1 aromatic carbocycles. The number of nitrogens with two attached hydrogens (primary N) is 1. The van der Waals surface area contributed by atoms with Crippen molar-refractivity contribution in [3.63, 3.8) is 0 Å². The molecule has 3 rings (SSSR count). The lowest BCUT2D eigenvalue weighted by molar-refractivity contribution is -0.173. The van der Waals surface area contributed by atoms with Crippen molar-refractivity contribution in [1.29, 1.82) is 0 Å². The van der Waals surface area contributed by atoms with Crippen molar-refractivity contribution in [3.8, 4) is 17.6 Å². The molecule has 37 heavy (non-hydrogen) atoms. The number of ether oxygens (including phenoxy) is 2. The molecule has 0 saturated carbocycles. The number of aromatic nitrogens is 2. The van der Waals surface area contributed by atoms with Gasteiger partial charge in [-0.05, 0) is 59.6 Å². The monoisotopic (exact) mass is 582 g/mol. The van der Waals surface area contributed by atoms with Crippen LogP contribution in [0.25, 0.3) is 0 Å². The van der Waals surface area contributed by atoms with E-state index in [1.54, 1.807) is 29.6 Å². The summed E-state index contributed by atoms with van der Waals surface area (Å²) in [5, 5.41) is 1.70. The zero-order valence-electron chi connectivity index (χ0n) is 18.8. The highest BCUT2D eigenvalue weighted by Gasteiger charge is 2.38. The second kappa shape index (κ2) is 12.2. The number of amides is 1. The summed E-state index contributed by atoms with van der Waals surface area (Å²) < 4.78 is 64.8. The Kier molecular flexibility index (Phi) is 9.50. The van der Waals surface area contributed by atoms with Crippen LogP contribution in [0.5, 0.6) is 5.75 Å². The topological polar surface area (TPSA) is 135 Å². The van der Waals surface area contributed by atoms with E-state index in [2.05, 4.69) is 16.8 Å². The molecule has 200 valence electrons. The molecule has 0 bridgehead atoms. The maximum atomic E-state index is 12.3. The van der Waals surface area contributed by atoms with Crippen LogP contribution >= 0.6 is 28.6 Å². The molecule has 0 radical (unpaired) electrons. The Labute approximate surface area is 218 Å². The fourth-order valence-corrected chi connectivity index (χ4v) is 3.85. The van der Waals surface area contributed by atoms with E-state index in [4.69, 9.17) is 42.2 Å². The van der Waals surface area contributed by atoms with Gasteiger partial charge in [0.2, 0.25) is 0 Å². The average Bonchev–Trinajstić information content (AvgIpc) is 3.28. The second-order valence-corrected chi connectivity index (χ2v) is 11.9. The van der Waals surface area contributed by atoms with Gasteiger partial charge in [-0.25, -0.2) is 4.79 Å². The number of nitrogens with one attached hydrogen (secondary N) is 1. The van der Waals surface area contributed by atoms with Crippen LogP contribution in [-0.4, -0.2) is 47.5 Å². The number of hydrogen-bond donors (Lipinski definition) is 2. The summed E-state index contributed by atoms with van der Waals surface area (Å²) in [6.07, 6.45) is -7.43. The van der Waals surface area contributed by atoms with Gasteiger partial charge in [0.15, 0.2) is 0 Å². The van der Waals surface area contributed by atoms with Gasteiger partial charge in [-0.2, -0.15) is 18.2 Å². The van der Waals surface area contributed by atoms with E-state index < -0.39 is 36.2 Å². The first kappa shape index (κ1) is 28.8. The fourth-order valence-electron chi connectivity index (χ4n) is 3.18. The quantitative estimate of drug-likeness (QED) is 0.274. The molecule has 10 nitrogen and oxygen atoms in total. The number of anilines is 1. The number of nitrogen functional groups attached to an aromatic ring is 1. The smallest absolute Gasteiger partial charge is 0.471 e. The van der Waals surface area contributed by atoms with E-state index in [9.17, 15) is 27.3 Å². The number of hydrogen-bond acceptors (Lipinski definition) is 8. The Hall–Kier alpha value is -2.75. The van der Waals surface area contributed by atoms with Crippen molar-refractivity contribution in [3.05, 3.63) is 52.1 Å². The molecule has 1 aliphatic heterocycles. The number of carbonyl (C=O) groups excluding carboxylic acids is 1. The van der Waals surface area contributed by atoms with E-state index in [0.29, 0.717) is 24.2 Å². The summed E-state index contributed by atoms with van der Waals surface area (Å²) in [4.78, 5) is 26.9. The highest BCUT2D eigenvalue weighted by molar-refractivity contribution is 8.05. The third kappa shape index (κ3) is 8.94. The van der Waals surface area contributed by atoms with Crippen molar-refractivity contribution in [1.82, 2.24) is 14.9 Å². The summed E-state index contributed by atoms with van der Waals surface area (Å²) in [5.74, 6) is 3.95. The lowest BCUT2D eigenvalue weighted by Crippen LogP contribution is -2.38. The molecule has 2 atom stereocenters. The maximum absolute atomic E-state index is 12.3. The van der Waals surface area contributed by atoms with Gasteiger partial charge < -0.3 is 25.0 Å². The summed E-state index contributed by atoms with van der Waals surface area (Å²) >= 11 is 10.7. The highest BCUT2D eigenvalue weighted by Crippen LogP contribution is 2.57. The lowest BCUT2D eigenvalue weighted by atomic mass is 10.2. The molecule has 1 fully saturated rings. The SMILES string of the molecule is Nc1nc(=O)n(C2CCC(COP(=O)(Cl)Cl)O2)cc1C#Cc1ccc(OCCNC(=O)C(F)(F)F)cc1. The van der Waals surface area contributed by atoms with Crippen molar-refractivity contribution < 1.29 is 36.5 Å². The van der Waals surface area contributed by atoms with E-state index in [1.165, 1.54) is 10.8 Å². The van der Waals surface area contributed by atoms with Crippen molar-refractivity contribution in [2.24, 2.45) is 0 Å². The standard InChI is InChI=1S/C21H20Cl2F3N4O6P/c22-37(23,33)35-12-16-7-8-17(36-16)30-11-14(18(27)29-20(30)32)4-1-13-2-5-15(6-3-13)34-10-9-28-19(31)21(24,25)26/h2-3,5-6,11,16-17H,7-10,12H2,(H,28,31)(H2,27,29,32). The van der Waals surface area contributed by atoms with Crippen molar-refractivity contribution in [2.75, 3.05) is 25.5 Å². The second-order valence-electron chi connectivity index (χ2n) is 7.61. The average molecular weight is 583 g/mol. The summed E-state index contributed by atoms with van der Waals surface area (Å²) in [5.41, 5.74) is 6.04. The Bertz CT molecular complexity index is 1290. The van der Waals surface area contributed by atoms with Crippen LogP contribution in [0.3, 0.4) is 0 Å². The largest absolute Gasteiger partial charge is 0.492 e. The van der Waals surface area contributed by atoms with Crippen molar-refractivity contribution >= 4 is 40.3 Å². The molecule has 2 unspecified atom stereocenters. The van der Waals surface area contributed by atoms with Gasteiger partial charge in [0, 0.05) is 11.8 Å². The van der Waals surface area contributed by atoms with Gasteiger partial charge in [-0.15, -0.1) is 0 Å². The third-order valence-electron chi connectivity index (χ3n) is 4.90. The molecule has 1 aliphatic rings. The molecule has 2 aromatic rings. The minimum atomic E-state index is -4.95. The summed E-state index contributed by atoms with van der Waals surface area (Å²) in [6, 6.07) is 6.31. The molecule has 1 amide bonds. The number of alkyl halides is 3. The van der Waals surface area contributed by atoms with Gasteiger partial charge in [0.1, 0.15) is 24.4 Å². The first-order valence-electron chi connectivity index (χ1n) is 10.6. The van der Waals surface area contributed by atoms with Crippen LogP contribution in [0, 0.1) is 11.8 Å². The first-order chi connectivity index (χ1) is 17.3. The van der Waals surface area contributed by atoms with Gasteiger partial charge in [-0.3, -0.25) is 13.9 Å². The number of nitrogens with zero attached hydrogens (tertiary/aromatic N) is 2. The van der Waals surface area contributed by atoms with Crippen LogP contribution in [0.4, 0.5) is 19.0 Å². The Morgan fingerprint density at radius 2 is 1.97 bits per heavy atom. The summed E-state index contributed by atoms with van der Waals surface area (Å²) in [6.45, 7) is -0.586. The normalized spacial score (nSPS) is 17.6. The minimum absolute atomic E-state index is 0.0716. The zero-order valence-corrected chi connectivity index (χ0v) is 21.2. The molecular weight excluding hydrogens is 563 g/mol. The fraction of sp³-hybridized carbons (Fsp3) is 0.381. The minimum Gasteiger partial charge on any atom is -0.492 e. The molecule has 1 aromatic heterocycles. The molecular formula is C21H20Cl2F3N4O6P. The van der Waals surface area contributed by atoms with Crippen LogP contribution in [0.1, 0.15) is 30.2 Å². The lowest BCUT2D eigenvalue weighted by Gasteiger charge is -2.16. The van der Waals surface area contributed by atoms with Crippen LogP contribution in [0.15, 0.2) is 35.3 Å². The van der Waals surface area contributed by atoms with Gasteiger partial charge in [0.05, 0.1) is 24.8 Å². The van der Waals surface area contributed by atoms with Crippen LogP contribution in [-0.2, 0) is 18.6 Å². The van der Waals surface area contributed by atoms with Crippen molar-refractivity contribution in [2.45, 2.75) is 31.3 Å². The Balaban J connectivity index is 1.60. The van der Waals surface area contributed by atoms with Crippen LogP contribution in [0.2, 0.25) is 0 Å². The Morgan fingerprint density at radius 3 is 2.62 bits per heavy atom. The zero-order chi connectivity index (χ0) is 27.2. The molecule has 0 aliphatic carbocycles. The maximum Gasteiger partial charge on any atom is 0.471 e. The number of halogens is 5. The summed E-state index contributed by atoms with van der Waals surface area (Å²) in [7, 11) is 0. The van der Waals surface area contributed by atoms with Gasteiger partial charge in [0.25, 0.3) is 0 Å².